The number of carbonyl (C=O) groups excluding carboxylic acids is 1. The van der Waals surface area contributed by atoms with Gasteiger partial charge >= 0.3 is 0 Å². The van der Waals surface area contributed by atoms with Gasteiger partial charge < -0.3 is 4.79 Å². The summed E-state index contributed by atoms with van der Waals surface area (Å²) in [5, 5.41) is -0.0694. The highest BCUT2D eigenvalue weighted by Crippen LogP contribution is 2.09. The minimum absolute atomic E-state index is 0.0694. The molecule has 0 bridgehead atoms. The molecule has 0 rings (SSSR count). The fraction of sp³-hybridized carbons (Fsp3) is 0.833. The zero-order chi connectivity index (χ0) is 6.57. The summed E-state index contributed by atoms with van der Waals surface area (Å²) < 4.78 is 0. The first-order chi connectivity index (χ1) is 3.72. The lowest BCUT2D eigenvalue weighted by molar-refractivity contribution is -0.108. The number of rotatable bonds is 3. The van der Waals surface area contributed by atoms with Gasteiger partial charge in [0.1, 0.15) is 6.29 Å². The summed E-state index contributed by atoms with van der Waals surface area (Å²) in [6.45, 7) is 4.07. The Morgan fingerprint density at radius 1 is 1.75 bits per heavy atom. The summed E-state index contributed by atoms with van der Waals surface area (Å²) in [5.74, 6) is 0.413. The monoisotopic (exact) mass is 132 g/mol. The van der Waals surface area contributed by atoms with Gasteiger partial charge in [-0.2, -0.15) is 12.6 Å². The third-order valence-electron chi connectivity index (χ3n) is 1.37. The molecule has 0 saturated heterocycles. The molecule has 0 aromatic heterocycles. The largest absolute Gasteiger partial charge is 0.302 e. The summed E-state index contributed by atoms with van der Waals surface area (Å²) in [5.41, 5.74) is 0. The molecule has 0 spiro atoms. The topological polar surface area (TPSA) is 17.1 Å². The van der Waals surface area contributed by atoms with Crippen LogP contribution in [0.15, 0.2) is 0 Å². The first kappa shape index (κ1) is 8.02. The van der Waals surface area contributed by atoms with Crippen molar-refractivity contribution in [3.8, 4) is 0 Å². The molecule has 0 N–H and O–H groups in total. The maximum Gasteiger partial charge on any atom is 0.132 e. The van der Waals surface area contributed by atoms with Crippen molar-refractivity contribution in [1.82, 2.24) is 0 Å². The smallest absolute Gasteiger partial charge is 0.132 e. The van der Waals surface area contributed by atoms with Gasteiger partial charge in [-0.1, -0.05) is 20.3 Å². The maximum absolute atomic E-state index is 10.0. The van der Waals surface area contributed by atoms with Crippen LogP contribution in [0.4, 0.5) is 0 Å². The van der Waals surface area contributed by atoms with Crippen molar-refractivity contribution in [2.24, 2.45) is 5.92 Å². The van der Waals surface area contributed by atoms with E-state index in [1.54, 1.807) is 0 Å². The van der Waals surface area contributed by atoms with Crippen molar-refractivity contribution in [2.45, 2.75) is 25.5 Å². The number of carbonyl (C=O) groups is 1. The molecule has 0 aliphatic carbocycles. The minimum Gasteiger partial charge on any atom is -0.302 e. The van der Waals surface area contributed by atoms with Crippen LogP contribution in [0.3, 0.4) is 0 Å². The van der Waals surface area contributed by atoms with Gasteiger partial charge in [0.05, 0.1) is 5.25 Å². The first-order valence-corrected chi connectivity index (χ1v) is 3.37. The molecule has 0 fully saturated rings. The van der Waals surface area contributed by atoms with E-state index in [1.807, 2.05) is 6.92 Å². The van der Waals surface area contributed by atoms with E-state index in [4.69, 9.17) is 0 Å². The van der Waals surface area contributed by atoms with E-state index in [9.17, 15) is 4.79 Å². The Morgan fingerprint density at radius 3 is 2.38 bits per heavy atom. The standard InChI is InChI=1S/C6H12OS/c1-3-5(2)6(8)4-7/h4-6,8H,3H2,1-2H3. The van der Waals surface area contributed by atoms with Crippen LogP contribution in [-0.4, -0.2) is 11.5 Å². The van der Waals surface area contributed by atoms with Crippen LogP contribution < -0.4 is 0 Å². The number of hydrogen-bond acceptors (Lipinski definition) is 2. The van der Waals surface area contributed by atoms with Crippen molar-refractivity contribution in [2.75, 3.05) is 0 Å². The molecule has 2 unspecified atom stereocenters. The third-order valence-corrected chi connectivity index (χ3v) is 2.00. The van der Waals surface area contributed by atoms with Gasteiger partial charge in [0.25, 0.3) is 0 Å². The second kappa shape index (κ2) is 3.96. The van der Waals surface area contributed by atoms with Crippen LogP contribution in [0, 0.1) is 5.92 Å². The molecule has 0 saturated carbocycles. The molecule has 0 aliphatic heterocycles. The molecular weight excluding hydrogens is 120 g/mol. The second-order valence-electron chi connectivity index (χ2n) is 2.01. The van der Waals surface area contributed by atoms with Crippen molar-refractivity contribution in [1.29, 1.82) is 0 Å². The summed E-state index contributed by atoms with van der Waals surface area (Å²) in [4.78, 5) is 10.0. The quantitative estimate of drug-likeness (QED) is 0.455. The molecule has 0 amide bonds. The van der Waals surface area contributed by atoms with Crippen LogP contribution in [0.2, 0.25) is 0 Å². The predicted molar refractivity (Wildman–Crippen MR) is 38.3 cm³/mol. The predicted octanol–water partition coefficient (Wildman–Crippen LogP) is 1.53. The van der Waals surface area contributed by atoms with Crippen LogP contribution in [0.25, 0.3) is 0 Å². The average Bonchev–Trinajstić information content (AvgIpc) is 1.84. The van der Waals surface area contributed by atoms with Crippen LogP contribution >= 0.6 is 12.6 Å². The molecule has 0 aromatic carbocycles. The summed E-state index contributed by atoms with van der Waals surface area (Å²) in [7, 11) is 0. The number of hydrogen-bond donors (Lipinski definition) is 1. The Morgan fingerprint density at radius 2 is 2.25 bits per heavy atom. The summed E-state index contributed by atoms with van der Waals surface area (Å²) in [6.07, 6.45) is 1.91. The van der Waals surface area contributed by atoms with Gasteiger partial charge in [-0.15, -0.1) is 0 Å². The van der Waals surface area contributed by atoms with Gasteiger partial charge in [0.15, 0.2) is 0 Å². The van der Waals surface area contributed by atoms with Crippen molar-refractivity contribution in [3.63, 3.8) is 0 Å². The van der Waals surface area contributed by atoms with Gasteiger partial charge in [0.2, 0.25) is 0 Å². The number of aldehydes is 1. The molecule has 0 aliphatic rings. The van der Waals surface area contributed by atoms with Gasteiger partial charge in [-0.05, 0) is 5.92 Å². The molecule has 2 atom stereocenters. The zero-order valence-electron chi connectivity index (χ0n) is 5.29. The van der Waals surface area contributed by atoms with Gasteiger partial charge in [-0.25, -0.2) is 0 Å². The molecule has 48 valence electrons. The lowest BCUT2D eigenvalue weighted by Gasteiger charge is -2.08. The Kier molecular flexibility index (Phi) is 3.97. The van der Waals surface area contributed by atoms with E-state index in [-0.39, 0.29) is 5.25 Å². The van der Waals surface area contributed by atoms with E-state index in [0.29, 0.717) is 5.92 Å². The highest BCUT2D eigenvalue weighted by Gasteiger charge is 2.07. The van der Waals surface area contributed by atoms with Gasteiger partial charge in [-0.3, -0.25) is 0 Å². The van der Waals surface area contributed by atoms with Crippen molar-refractivity contribution in [3.05, 3.63) is 0 Å². The molecule has 8 heavy (non-hydrogen) atoms. The fourth-order valence-electron chi connectivity index (χ4n) is 0.376. The van der Waals surface area contributed by atoms with E-state index >= 15 is 0 Å². The molecular formula is C6H12OS. The normalized spacial score (nSPS) is 17.4. The lowest BCUT2D eigenvalue weighted by atomic mass is 10.1. The lowest BCUT2D eigenvalue weighted by Crippen LogP contribution is -2.11. The summed E-state index contributed by atoms with van der Waals surface area (Å²) >= 11 is 4.04. The SMILES string of the molecule is CCC(C)C(S)C=O. The molecule has 1 nitrogen and oxygen atoms in total. The minimum atomic E-state index is -0.0694. The molecule has 0 aromatic rings. The summed E-state index contributed by atoms with van der Waals surface area (Å²) in [6, 6.07) is 0. The fourth-order valence-corrected chi connectivity index (χ4v) is 0.586. The van der Waals surface area contributed by atoms with E-state index in [1.165, 1.54) is 0 Å². The van der Waals surface area contributed by atoms with E-state index in [2.05, 4.69) is 19.6 Å². The molecule has 0 heterocycles. The Hall–Kier alpha value is 0.0200. The van der Waals surface area contributed by atoms with Crippen LogP contribution in [0.5, 0.6) is 0 Å². The highest BCUT2D eigenvalue weighted by molar-refractivity contribution is 7.81. The van der Waals surface area contributed by atoms with E-state index in [0.717, 1.165) is 12.7 Å². The first-order valence-electron chi connectivity index (χ1n) is 2.85. The second-order valence-corrected chi connectivity index (χ2v) is 2.61. The maximum atomic E-state index is 10.0. The zero-order valence-corrected chi connectivity index (χ0v) is 6.19. The van der Waals surface area contributed by atoms with Crippen LogP contribution in [-0.2, 0) is 4.79 Å². The van der Waals surface area contributed by atoms with Crippen molar-refractivity contribution >= 4 is 18.9 Å². The third kappa shape index (κ3) is 2.36. The molecule has 2 heteroatoms. The van der Waals surface area contributed by atoms with Crippen molar-refractivity contribution < 1.29 is 4.79 Å². The average molecular weight is 132 g/mol. The van der Waals surface area contributed by atoms with Crippen LogP contribution in [0.1, 0.15) is 20.3 Å². The molecule has 0 radical (unpaired) electrons. The number of thiol groups is 1. The Balaban J connectivity index is 3.44. The Bertz CT molecular complexity index is 72.9. The Labute approximate surface area is 55.9 Å². The van der Waals surface area contributed by atoms with Gasteiger partial charge in [0, 0.05) is 0 Å². The highest BCUT2D eigenvalue weighted by atomic mass is 32.1. The van der Waals surface area contributed by atoms with E-state index < -0.39 is 0 Å².